The van der Waals surface area contributed by atoms with Gasteiger partial charge in [0.2, 0.25) is 0 Å². The summed E-state index contributed by atoms with van der Waals surface area (Å²) in [5.74, 6) is -0.217. The van der Waals surface area contributed by atoms with E-state index in [0.29, 0.717) is 0 Å². The van der Waals surface area contributed by atoms with Crippen molar-refractivity contribution >= 4 is 60.0 Å². The third-order valence-electron chi connectivity index (χ3n) is 4.28. The summed E-state index contributed by atoms with van der Waals surface area (Å²) < 4.78 is 1.12. The predicted molar refractivity (Wildman–Crippen MR) is 107 cm³/mol. The molecule has 0 fully saturated rings. The fourth-order valence-electron chi connectivity index (χ4n) is 3.15. The first kappa shape index (κ1) is 17.0. The molecule has 0 radical (unpaired) electrons. The van der Waals surface area contributed by atoms with Gasteiger partial charge in [0.15, 0.2) is 5.41 Å². The van der Waals surface area contributed by atoms with Crippen LogP contribution in [0.25, 0.3) is 5.57 Å². The van der Waals surface area contributed by atoms with Gasteiger partial charge in [-0.25, -0.2) is 0 Å². The minimum Gasteiger partial charge on any atom is -0.196 e. The molecule has 0 aliphatic heterocycles. The fourth-order valence-corrected chi connectivity index (χ4v) is 4.87. The zero-order valence-electron chi connectivity index (χ0n) is 11.9. The van der Waals surface area contributed by atoms with Gasteiger partial charge in [0.1, 0.15) is 0 Å². The monoisotopic (exact) mass is 540 g/mol. The lowest BCUT2D eigenvalue weighted by atomic mass is 9.71. The number of benzene rings is 1. The highest BCUT2D eigenvalue weighted by Crippen LogP contribution is 2.55. The topological polar surface area (TPSA) is 47.6 Å². The van der Waals surface area contributed by atoms with Crippen molar-refractivity contribution in [2.45, 2.75) is 9.65 Å². The highest BCUT2D eigenvalue weighted by molar-refractivity contribution is 14.1. The highest BCUT2D eigenvalue weighted by atomic mass is 127. The van der Waals surface area contributed by atoms with Crippen molar-refractivity contribution in [1.82, 2.24) is 0 Å². The second kappa shape index (κ2) is 6.55. The second-order valence-electron chi connectivity index (χ2n) is 5.51. The summed E-state index contributed by atoms with van der Waals surface area (Å²) in [6.45, 7) is 0. The zero-order valence-corrected chi connectivity index (χ0v) is 17.2. The van der Waals surface area contributed by atoms with Crippen molar-refractivity contribution in [3.63, 3.8) is 0 Å². The Morgan fingerprint density at radius 3 is 2.35 bits per heavy atom. The van der Waals surface area contributed by atoms with Gasteiger partial charge < -0.3 is 0 Å². The Morgan fingerprint density at radius 2 is 1.74 bits per heavy atom. The van der Waals surface area contributed by atoms with E-state index >= 15 is 0 Å². The van der Waals surface area contributed by atoms with Crippen molar-refractivity contribution in [3.8, 4) is 12.1 Å². The molecule has 0 amide bonds. The van der Waals surface area contributed by atoms with E-state index in [4.69, 9.17) is 0 Å². The molecular weight excluding hydrogens is 531 g/mol. The van der Waals surface area contributed by atoms with Crippen LogP contribution in [0.15, 0.2) is 54.1 Å². The molecule has 1 aromatic rings. The molecule has 0 spiro atoms. The number of nitrogens with zero attached hydrogens (tertiary/aromatic N) is 2. The maximum Gasteiger partial charge on any atom is 0.177 e. The Kier molecular flexibility index (Phi) is 4.83. The first-order valence-electron chi connectivity index (χ1n) is 7.00. The number of rotatable bonds is 1. The molecule has 3 rings (SSSR count). The van der Waals surface area contributed by atoms with Gasteiger partial charge >= 0.3 is 0 Å². The van der Waals surface area contributed by atoms with Gasteiger partial charge in [0.05, 0.1) is 12.1 Å². The van der Waals surface area contributed by atoms with Gasteiger partial charge in [0.25, 0.3) is 0 Å². The lowest BCUT2D eigenvalue weighted by molar-refractivity contribution is 0.476. The van der Waals surface area contributed by atoms with Crippen LogP contribution in [0.5, 0.6) is 0 Å². The molecule has 23 heavy (non-hydrogen) atoms. The lowest BCUT2D eigenvalue weighted by Gasteiger charge is -2.30. The number of hydrogen-bond acceptors (Lipinski definition) is 2. The molecular formula is C18H11Br2IN2. The highest BCUT2D eigenvalue weighted by Gasteiger charge is 2.53. The lowest BCUT2D eigenvalue weighted by Crippen LogP contribution is -2.35. The molecule has 0 bridgehead atoms. The first-order chi connectivity index (χ1) is 11.0. The average Bonchev–Trinajstić information content (AvgIpc) is 2.81. The van der Waals surface area contributed by atoms with Crippen LogP contribution in [-0.4, -0.2) is 9.65 Å². The molecule has 2 aliphatic carbocycles. The number of hydrogen-bond donors (Lipinski definition) is 0. The number of halogens is 3. The molecule has 2 nitrogen and oxygen atoms in total. The van der Waals surface area contributed by atoms with Gasteiger partial charge in [-0.15, -0.1) is 0 Å². The maximum absolute atomic E-state index is 9.94. The molecule has 0 saturated heterocycles. The van der Waals surface area contributed by atoms with E-state index in [-0.39, 0.29) is 15.6 Å². The SMILES string of the molecule is N#CC1(C#N)C(c2ccc(I)cc2)=CC2=CC=CC(Br)C(Br)C21. The zero-order chi connectivity index (χ0) is 16.6. The van der Waals surface area contributed by atoms with Crippen LogP contribution in [0, 0.1) is 37.6 Å². The molecule has 0 saturated carbocycles. The quantitative estimate of drug-likeness (QED) is 0.355. The minimum absolute atomic E-state index is 0.0376. The summed E-state index contributed by atoms with van der Waals surface area (Å²) >= 11 is 9.58. The fraction of sp³-hybridized carbons (Fsp3) is 0.222. The van der Waals surface area contributed by atoms with Crippen molar-refractivity contribution < 1.29 is 0 Å². The Morgan fingerprint density at radius 1 is 1.09 bits per heavy atom. The van der Waals surface area contributed by atoms with Gasteiger partial charge in [-0.1, -0.05) is 68.3 Å². The van der Waals surface area contributed by atoms with Crippen LogP contribution < -0.4 is 0 Å². The van der Waals surface area contributed by atoms with Crippen molar-refractivity contribution in [3.05, 3.63) is 63.3 Å². The smallest absolute Gasteiger partial charge is 0.177 e. The molecule has 114 valence electrons. The van der Waals surface area contributed by atoms with Crippen LogP contribution in [0.2, 0.25) is 0 Å². The standard InChI is InChI=1S/C18H11Br2IN2/c19-15-3-1-2-12-8-14(11-4-6-13(21)7-5-11)18(9-22,10-23)16(12)17(15)20/h1-8,15-17H. The third-order valence-corrected chi connectivity index (χ3v) is 7.68. The average molecular weight is 542 g/mol. The van der Waals surface area contributed by atoms with Crippen molar-refractivity contribution in [2.24, 2.45) is 11.3 Å². The predicted octanol–water partition coefficient (Wildman–Crippen LogP) is 5.36. The van der Waals surface area contributed by atoms with Crippen molar-refractivity contribution in [2.75, 3.05) is 0 Å². The Balaban J connectivity index is 2.20. The summed E-state index contributed by atoms with van der Waals surface area (Å²) in [6.07, 6.45) is 8.02. The van der Waals surface area contributed by atoms with Gasteiger partial charge in [0, 0.05) is 19.1 Å². The summed E-state index contributed by atoms with van der Waals surface area (Å²) in [4.78, 5) is 0.0243. The molecule has 5 heteroatoms. The number of allylic oxidation sites excluding steroid dienone is 6. The molecule has 3 unspecified atom stereocenters. The Hall–Kier alpha value is -0.890. The third kappa shape index (κ3) is 2.73. The van der Waals surface area contributed by atoms with Gasteiger partial charge in [-0.2, -0.15) is 10.5 Å². The summed E-state index contributed by atoms with van der Waals surface area (Å²) in [5, 5.41) is 19.9. The molecule has 3 atom stereocenters. The summed E-state index contributed by atoms with van der Waals surface area (Å²) in [5.41, 5.74) is 1.54. The second-order valence-corrected chi connectivity index (χ2v) is 8.87. The van der Waals surface area contributed by atoms with E-state index in [0.717, 1.165) is 20.3 Å². The summed E-state index contributed by atoms with van der Waals surface area (Å²) in [6, 6.07) is 12.6. The van der Waals surface area contributed by atoms with Crippen LogP contribution >= 0.6 is 54.5 Å². The van der Waals surface area contributed by atoms with E-state index in [9.17, 15) is 10.5 Å². The number of nitriles is 2. The molecule has 1 aromatic carbocycles. The van der Waals surface area contributed by atoms with Crippen LogP contribution in [0.4, 0.5) is 0 Å². The van der Waals surface area contributed by atoms with E-state index in [1.165, 1.54) is 0 Å². The van der Waals surface area contributed by atoms with E-state index < -0.39 is 5.41 Å². The van der Waals surface area contributed by atoms with Crippen LogP contribution in [0.3, 0.4) is 0 Å². The number of alkyl halides is 2. The molecule has 0 aromatic heterocycles. The molecule has 0 heterocycles. The van der Waals surface area contributed by atoms with Crippen LogP contribution in [-0.2, 0) is 0 Å². The van der Waals surface area contributed by atoms with Crippen molar-refractivity contribution in [1.29, 1.82) is 10.5 Å². The Bertz CT molecular complexity index is 795. The van der Waals surface area contributed by atoms with Crippen LogP contribution in [0.1, 0.15) is 5.56 Å². The van der Waals surface area contributed by atoms with E-state index in [1.807, 2.05) is 48.6 Å². The van der Waals surface area contributed by atoms with Gasteiger partial charge in [-0.05, 0) is 51.4 Å². The normalized spacial score (nSPS) is 28.0. The number of fused-ring (bicyclic) bond motifs is 1. The minimum atomic E-state index is -1.19. The largest absolute Gasteiger partial charge is 0.196 e. The van der Waals surface area contributed by atoms with E-state index in [2.05, 4.69) is 66.6 Å². The summed E-state index contributed by atoms with van der Waals surface area (Å²) in [7, 11) is 0. The van der Waals surface area contributed by atoms with E-state index in [1.54, 1.807) is 0 Å². The first-order valence-corrected chi connectivity index (χ1v) is 9.91. The molecule has 0 N–H and O–H groups in total. The van der Waals surface area contributed by atoms with Gasteiger partial charge in [-0.3, -0.25) is 0 Å². The molecule has 2 aliphatic rings. The maximum atomic E-state index is 9.94. The Labute approximate surface area is 166 Å².